The summed E-state index contributed by atoms with van der Waals surface area (Å²) in [5.41, 5.74) is 0. The molecule has 0 aliphatic carbocycles. The fraction of sp³-hybridized carbons (Fsp3) is 0.833. The first-order chi connectivity index (χ1) is 7.44. The fourth-order valence-electron chi connectivity index (χ4n) is 0.510. The normalized spacial score (nSPS) is 15.2. The second-order valence-corrected chi connectivity index (χ2v) is 18.0. The van der Waals surface area contributed by atoms with E-state index in [1.54, 1.807) is 0 Å². The number of halogens is 7. The van der Waals surface area contributed by atoms with Crippen molar-refractivity contribution >= 4 is 43.2 Å². The van der Waals surface area contributed by atoms with Crippen LogP contribution in [0.4, 0.5) is 13.2 Å². The molecule has 0 bridgehead atoms. The van der Waals surface area contributed by atoms with E-state index in [0.29, 0.717) is 0 Å². The van der Waals surface area contributed by atoms with Crippen LogP contribution < -0.4 is 0 Å². The third-order valence-corrected chi connectivity index (χ3v) is 1.07. The molecule has 104 valence electrons. The Morgan fingerprint density at radius 1 is 1.12 bits per heavy atom. The first-order valence-corrected chi connectivity index (χ1v) is 12.7. The maximum absolute atomic E-state index is 10.6. The summed E-state index contributed by atoms with van der Waals surface area (Å²) in [5, 5.41) is 7.12. The van der Waals surface area contributed by atoms with Crippen molar-refractivity contribution < 1.29 is 40.2 Å². The molecule has 1 aliphatic rings. The molecule has 1 fully saturated rings. The van der Waals surface area contributed by atoms with Gasteiger partial charge in [-0.15, -0.1) is 0 Å². The van der Waals surface area contributed by atoms with Gasteiger partial charge in [-0.2, -0.15) is 13.2 Å². The summed E-state index contributed by atoms with van der Waals surface area (Å²) in [6.07, 6.45) is -2.53. The molecule has 0 spiro atoms. The maximum atomic E-state index is 10.6. The Morgan fingerprint density at radius 2 is 1.35 bits per heavy atom. The zero-order valence-electron chi connectivity index (χ0n) is 8.24. The number of hydrogen-bond acceptors (Lipinski definition) is 2. The van der Waals surface area contributed by atoms with Crippen LogP contribution in [0.2, 0.25) is 0 Å². The van der Waals surface area contributed by atoms with E-state index in [1.165, 1.54) is 12.8 Å². The van der Waals surface area contributed by atoms with Crippen LogP contribution in [0.25, 0.3) is 0 Å². The number of carboxylic acids is 1. The van der Waals surface area contributed by atoms with E-state index in [-0.39, 0.29) is 0 Å². The van der Waals surface area contributed by atoms with Crippen molar-refractivity contribution in [1.29, 1.82) is 0 Å². The molecule has 11 heteroatoms. The van der Waals surface area contributed by atoms with Gasteiger partial charge in [0.05, 0.1) is 0 Å². The predicted octanol–water partition coefficient (Wildman–Crippen LogP) is 4.19. The van der Waals surface area contributed by atoms with E-state index < -0.39 is 24.5 Å². The van der Waals surface area contributed by atoms with Gasteiger partial charge in [0.2, 0.25) is 0 Å². The van der Waals surface area contributed by atoms with E-state index in [1.807, 2.05) is 0 Å². The Labute approximate surface area is 115 Å². The molecule has 3 nitrogen and oxygen atoms in total. The van der Waals surface area contributed by atoms with Gasteiger partial charge in [-0.05, 0) is 12.8 Å². The molecule has 0 amide bonds. The van der Waals surface area contributed by atoms with Crippen LogP contribution in [0.5, 0.6) is 0 Å². The van der Waals surface area contributed by atoms with E-state index in [2.05, 4.69) is 0 Å². The van der Waals surface area contributed by atoms with Crippen LogP contribution in [0.3, 0.4) is 0 Å². The molecule has 1 saturated heterocycles. The number of aliphatic carboxylic acids is 1. The molecule has 1 heterocycles. The Balaban J connectivity index is 0. The van der Waals surface area contributed by atoms with Gasteiger partial charge in [-0.1, -0.05) is 0 Å². The summed E-state index contributed by atoms with van der Waals surface area (Å²) < 4.78 is 36.7. The van der Waals surface area contributed by atoms with E-state index in [0.717, 1.165) is 13.2 Å². The summed E-state index contributed by atoms with van der Waals surface area (Å²) in [6.45, 7) is 2.00. The third kappa shape index (κ3) is 26.6. The van der Waals surface area contributed by atoms with Crippen LogP contribution in [-0.2, 0) is 21.9 Å². The Hall–Kier alpha value is 1.09. The van der Waals surface area contributed by atoms with Crippen molar-refractivity contribution in [2.24, 2.45) is 0 Å². The van der Waals surface area contributed by atoms with Crippen LogP contribution >= 0.6 is 37.2 Å². The van der Waals surface area contributed by atoms with E-state index in [4.69, 9.17) is 51.9 Å². The van der Waals surface area contributed by atoms with Crippen LogP contribution in [0.1, 0.15) is 12.8 Å². The number of alkyl halides is 3. The topological polar surface area (TPSA) is 46.5 Å². The van der Waals surface area contributed by atoms with Crippen molar-refractivity contribution in [3.05, 3.63) is 0 Å². The van der Waals surface area contributed by atoms with Gasteiger partial charge < -0.3 is 9.84 Å². The molecule has 1 aliphatic heterocycles. The molecular formula is C6H9Cl4F3O3Ti. The van der Waals surface area contributed by atoms with Crippen molar-refractivity contribution in [3.63, 3.8) is 0 Å². The van der Waals surface area contributed by atoms with Crippen LogP contribution in [0.15, 0.2) is 0 Å². The Bertz CT molecular complexity index is 204. The van der Waals surface area contributed by atoms with Gasteiger partial charge in [-0.25, -0.2) is 4.79 Å². The summed E-state index contributed by atoms with van der Waals surface area (Å²) in [5.74, 6) is -2.76. The van der Waals surface area contributed by atoms with Gasteiger partial charge in [-0.3, -0.25) is 0 Å². The fourth-order valence-corrected chi connectivity index (χ4v) is 0.510. The van der Waals surface area contributed by atoms with Crippen molar-refractivity contribution in [1.82, 2.24) is 0 Å². The van der Waals surface area contributed by atoms with Crippen LogP contribution in [0, 0.1) is 0 Å². The molecule has 1 rings (SSSR count). The number of hydrogen-bond donors (Lipinski definition) is 1. The monoisotopic (exact) mass is 374 g/mol. The molecule has 0 aromatic heterocycles. The SMILES string of the molecule is C1CCOC1.O=C(O)C(F)(F)F.[Cl][Ti]([Cl])([Cl])[Cl]. The molecule has 0 saturated carbocycles. The van der Waals surface area contributed by atoms with Gasteiger partial charge in [0.1, 0.15) is 0 Å². The van der Waals surface area contributed by atoms with Gasteiger partial charge in [0.25, 0.3) is 0 Å². The molecule has 0 radical (unpaired) electrons. The number of carboxylic acid groups (broad SMARTS) is 1. The van der Waals surface area contributed by atoms with E-state index in [9.17, 15) is 13.2 Å². The molecule has 1 N–H and O–H groups in total. The third-order valence-electron chi connectivity index (χ3n) is 1.07. The van der Waals surface area contributed by atoms with Gasteiger partial charge in [0.15, 0.2) is 0 Å². The second kappa shape index (κ2) is 9.95. The average Bonchev–Trinajstić information content (AvgIpc) is 2.54. The predicted molar refractivity (Wildman–Crippen MR) is 57.2 cm³/mol. The first kappa shape index (κ1) is 20.4. The van der Waals surface area contributed by atoms with Crippen molar-refractivity contribution in [2.75, 3.05) is 13.2 Å². The molecule has 17 heavy (non-hydrogen) atoms. The summed E-state index contributed by atoms with van der Waals surface area (Å²) >= 11 is -3.11. The minimum absolute atomic E-state index is 1.00. The van der Waals surface area contributed by atoms with Crippen LogP contribution in [-0.4, -0.2) is 30.5 Å². The Morgan fingerprint density at radius 3 is 1.41 bits per heavy atom. The van der Waals surface area contributed by atoms with Crippen molar-refractivity contribution in [3.8, 4) is 0 Å². The van der Waals surface area contributed by atoms with Gasteiger partial charge >= 0.3 is 61.7 Å². The van der Waals surface area contributed by atoms with Gasteiger partial charge in [0, 0.05) is 13.2 Å². The molecule has 0 aromatic carbocycles. The summed E-state index contributed by atoms with van der Waals surface area (Å²) in [7, 11) is 20.1. The number of rotatable bonds is 0. The number of ether oxygens (including phenoxy) is 1. The van der Waals surface area contributed by atoms with Crippen molar-refractivity contribution in [2.45, 2.75) is 19.0 Å². The second-order valence-electron chi connectivity index (χ2n) is 2.55. The zero-order chi connectivity index (χ0) is 14.1. The summed E-state index contributed by atoms with van der Waals surface area (Å²) in [4.78, 5) is 8.90. The minimum atomic E-state index is -5.08. The first-order valence-electron chi connectivity index (χ1n) is 4.08. The standard InChI is InChI=1S/C4H8O.C2HF3O2.4ClH.Ti/c1-2-4-5-3-1;3-2(4,5)1(6)7;;;;;/h1-4H2;(H,6,7);4*1H;/q;;;;;;+4/p-4. The Kier molecular flexibility index (Phi) is 11.9. The molecule has 0 unspecified atom stereocenters. The zero-order valence-corrected chi connectivity index (χ0v) is 12.8. The van der Waals surface area contributed by atoms with E-state index >= 15 is 0 Å². The molecular weight excluding hydrogens is 367 g/mol. The average molecular weight is 376 g/mol. The number of carbonyl (C=O) groups is 1. The summed E-state index contributed by atoms with van der Waals surface area (Å²) in [6, 6.07) is 0. The quantitative estimate of drug-likeness (QED) is 0.646. The molecule has 0 aromatic rings. The molecule has 0 atom stereocenters.